The molecule has 1 aromatic carbocycles. The van der Waals surface area contributed by atoms with Crippen molar-refractivity contribution in [2.75, 3.05) is 19.8 Å². The van der Waals surface area contributed by atoms with Crippen LogP contribution in [0.5, 0.6) is 5.75 Å². The summed E-state index contributed by atoms with van der Waals surface area (Å²) in [6.07, 6.45) is 1.71. The number of nitrogens with one attached hydrogen (secondary N) is 1. The van der Waals surface area contributed by atoms with Crippen molar-refractivity contribution in [3.05, 3.63) is 29.8 Å². The largest absolute Gasteiger partial charge is 0.494 e. The smallest absolute Gasteiger partial charge is 0.220 e. The molecule has 1 amide bonds. The number of hydrogen-bond acceptors (Lipinski definition) is 3. The summed E-state index contributed by atoms with van der Waals surface area (Å²) in [5.41, 5.74) is 1.17. The van der Waals surface area contributed by atoms with E-state index >= 15 is 0 Å². The van der Waals surface area contributed by atoms with Gasteiger partial charge in [-0.1, -0.05) is 12.1 Å². The molecule has 0 bridgehead atoms. The Labute approximate surface area is 108 Å². The van der Waals surface area contributed by atoms with Gasteiger partial charge < -0.3 is 15.2 Å². The van der Waals surface area contributed by atoms with Crippen LogP contribution in [0, 0.1) is 0 Å². The van der Waals surface area contributed by atoms with Crippen LogP contribution in [0.3, 0.4) is 0 Å². The molecule has 0 spiro atoms. The fraction of sp³-hybridized carbons (Fsp3) is 0.500. The minimum Gasteiger partial charge on any atom is -0.494 e. The van der Waals surface area contributed by atoms with Gasteiger partial charge in [-0.05, 0) is 37.5 Å². The molecule has 0 fully saturated rings. The number of aliphatic hydroxyl groups is 1. The number of amides is 1. The number of carbonyl (C=O) groups excluding carboxylic acids is 1. The van der Waals surface area contributed by atoms with Crippen LogP contribution in [-0.4, -0.2) is 30.8 Å². The third-order valence-electron chi connectivity index (χ3n) is 2.53. The van der Waals surface area contributed by atoms with Crippen molar-refractivity contribution < 1.29 is 14.6 Å². The minimum atomic E-state index is -0.00464. The molecule has 100 valence electrons. The van der Waals surface area contributed by atoms with Crippen LogP contribution in [0.25, 0.3) is 0 Å². The Balaban J connectivity index is 2.24. The van der Waals surface area contributed by atoms with Crippen LogP contribution in [-0.2, 0) is 11.2 Å². The predicted molar refractivity (Wildman–Crippen MR) is 70.6 cm³/mol. The maximum Gasteiger partial charge on any atom is 0.220 e. The molecule has 1 rings (SSSR count). The van der Waals surface area contributed by atoms with Crippen LogP contribution < -0.4 is 10.1 Å². The fourth-order valence-corrected chi connectivity index (χ4v) is 1.59. The summed E-state index contributed by atoms with van der Waals surface area (Å²) in [6.45, 7) is 3.31. The lowest BCUT2D eigenvalue weighted by atomic mass is 10.1. The molecule has 0 radical (unpaired) electrons. The monoisotopic (exact) mass is 251 g/mol. The SMILES string of the molecule is CCOc1ccc(CCNC(=O)CCCO)cc1. The third-order valence-corrected chi connectivity index (χ3v) is 2.53. The van der Waals surface area contributed by atoms with Gasteiger partial charge in [-0.25, -0.2) is 0 Å². The van der Waals surface area contributed by atoms with Gasteiger partial charge in [0.25, 0.3) is 0 Å². The number of rotatable bonds is 8. The number of carbonyl (C=O) groups is 1. The molecule has 0 aliphatic carbocycles. The number of ether oxygens (including phenoxy) is 1. The van der Waals surface area contributed by atoms with E-state index in [1.54, 1.807) is 0 Å². The van der Waals surface area contributed by atoms with Gasteiger partial charge in [0.15, 0.2) is 0 Å². The van der Waals surface area contributed by atoms with Crippen LogP contribution in [0.1, 0.15) is 25.3 Å². The van der Waals surface area contributed by atoms with Crippen molar-refractivity contribution in [3.63, 3.8) is 0 Å². The zero-order valence-electron chi connectivity index (χ0n) is 10.8. The van der Waals surface area contributed by atoms with Gasteiger partial charge in [0, 0.05) is 19.6 Å². The Morgan fingerprint density at radius 2 is 2.06 bits per heavy atom. The Hall–Kier alpha value is -1.55. The van der Waals surface area contributed by atoms with E-state index < -0.39 is 0 Å². The zero-order valence-corrected chi connectivity index (χ0v) is 10.8. The van der Waals surface area contributed by atoms with E-state index in [9.17, 15) is 4.79 Å². The first-order valence-corrected chi connectivity index (χ1v) is 6.35. The Bertz CT molecular complexity index is 349. The molecule has 2 N–H and O–H groups in total. The quantitative estimate of drug-likeness (QED) is 0.736. The van der Waals surface area contributed by atoms with Crippen LogP contribution in [0.4, 0.5) is 0 Å². The van der Waals surface area contributed by atoms with Crippen LogP contribution in [0.15, 0.2) is 24.3 Å². The summed E-state index contributed by atoms with van der Waals surface area (Å²) in [5.74, 6) is 0.864. The van der Waals surface area contributed by atoms with Gasteiger partial charge in [0.2, 0.25) is 5.91 Å². The van der Waals surface area contributed by atoms with Gasteiger partial charge in [-0.2, -0.15) is 0 Å². The third kappa shape index (κ3) is 5.68. The summed E-state index contributed by atoms with van der Waals surface area (Å²) >= 11 is 0. The van der Waals surface area contributed by atoms with E-state index in [-0.39, 0.29) is 12.5 Å². The standard InChI is InChI=1S/C14H21NO3/c1-2-18-13-7-5-12(6-8-13)9-10-15-14(17)4-3-11-16/h5-8,16H,2-4,9-11H2,1H3,(H,15,17). The maximum absolute atomic E-state index is 11.3. The lowest BCUT2D eigenvalue weighted by Gasteiger charge is -2.06. The van der Waals surface area contributed by atoms with Crippen molar-refractivity contribution in [2.45, 2.75) is 26.2 Å². The maximum atomic E-state index is 11.3. The number of hydrogen-bond donors (Lipinski definition) is 2. The molecule has 1 aromatic rings. The average Bonchev–Trinajstić information content (AvgIpc) is 2.39. The molecule has 0 aliphatic rings. The zero-order chi connectivity index (χ0) is 13.2. The van der Waals surface area contributed by atoms with Crippen molar-refractivity contribution >= 4 is 5.91 Å². The van der Waals surface area contributed by atoms with E-state index in [4.69, 9.17) is 9.84 Å². The second kappa shape index (κ2) is 8.53. The summed E-state index contributed by atoms with van der Waals surface area (Å²) in [4.78, 5) is 11.3. The molecule has 0 atom stereocenters. The molecule has 0 unspecified atom stereocenters. The van der Waals surface area contributed by atoms with E-state index in [0.29, 0.717) is 26.0 Å². The topological polar surface area (TPSA) is 58.6 Å². The molecular formula is C14H21NO3. The highest BCUT2D eigenvalue weighted by Crippen LogP contribution is 2.12. The molecule has 0 saturated carbocycles. The summed E-state index contributed by atoms with van der Waals surface area (Å²) in [6, 6.07) is 7.88. The summed E-state index contributed by atoms with van der Waals surface area (Å²) in [5, 5.41) is 11.4. The Kier molecular flexibility index (Phi) is 6.87. The molecular weight excluding hydrogens is 230 g/mol. The van der Waals surface area contributed by atoms with Gasteiger partial charge in [-0.15, -0.1) is 0 Å². The van der Waals surface area contributed by atoms with Gasteiger partial charge in [0.05, 0.1) is 6.61 Å². The Morgan fingerprint density at radius 1 is 1.33 bits per heavy atom. The van der Waals surface area contributed by atoms with Crippen molar-refractivity contribution in [2.24, 2.45) is 0 Å². The van der Waals surface area contributed by atoms with E-state index in [1.807, 2.05) is 31.2 Å². The van der Waals surface area contributed by atoms with Crippen molar-refractivity contribution in [1.29, 1.82) is 0 Å². The predicted octanol–water partition coefficient (Wildman–Crippen LogP) is 1.52. The molecule has 0 aliphatic heterocycles. The normalized spacial score (nSPS) is 10.1. The van der Waals surface area contributed by atoms with E-state index in [1.165, 1.54) is 5.56 Å². The van der Waals surface area contributed by atoms with Crippen molar-refractivity contribution in [1.82, 2.24) is 5.32 Å². The minimum absolute atomic E-state index is 0.00464. The second-order valence-corrected chi connectivity index (χ2v) is 4.00. The molecule has 0 saturated heterocycles. The summed E-state index contributed by atoms with van der Waals surface area (Å²) in [7, 11) is 0. The van der Waals surface area contributed by atoms with Gasteiger partial charge >= 0.3 is 0 Å². The Morgan fingerprint density at radius 3 is 2.67 bits per heavy atom. The molecule has 4 nitrogen and oxygen atoms in total. The van der Waals surface area contributed by atoms with E-state index in [2.05, 4.69) is 5.32 Å². The highest BCUT2D eigenvalue weighted by Gasteiger charge is 2.00. The van der Waals surface area contributed by atoms with Crippen LogP contribution >= 0.6 is 0 Å². The first kappa shape index (κ1) is 14.5. The highest BCUT2D eigenvalue weighted by molar-refractivity contribution is 5.75. The molecule has 0 heterocycles. The fourth-order valence-electron chi connectivity index (χ4n) is 1.59. The van der Waals surface area contributed by atoms with Crippen molar-refractivity contribution in [3.8, 4) is 5.75 Å². The average molecular weight is 251 g/mol. The number of benzene rings is 1. The van der Waals surface area contributed by atoms with Crippen LogP contribution in [0.2, 0.25) is 0 Å². The molecule has 18 heavy (non-hydrogen) atoms. The van der Waals surface area contributed by atoms with E-state index in [0.717, 1.165) is 12.2 Å². The first-order valence-electron chi connectivity index (χ1n) is 6.35. The lowest BCUT2D eigenvalue weighted by Crippen LogP contribution is -2.25. The summed E-state index contributed by atoms with van der Waals surface area (Å²) < 4.78 is 5.35. The number of aliphatic hydroxyl groups excluding tert-OH is 1. The first-order chi connectivity index (χ1) is 8.76. The van der Waals surface area contributed by atoms with Gasteiger partial charge in [-0.3, -0.25) is 4.79 Å². The lowest BCUT2D eigenvalue weighted by molar-refractivity contribution is -0.121. The second-order valence-electron chi connectivity index (χ2n) is 4.00. The highest BCUT2D eigenvalue weighted by atomic mass is 16.5. The van der Waals surface area contributed by atoms with Gasteiger partial charge in [0.1, 0.15) is 5.75 Å². The molecule has 4 heteroatoms. The molecule has 0 aromatic heterocycles.